The molecule has 1 heterocycles. The fourth-order valence-electron chi connectivity index (χ4n) is 2.10. The molecule has 0 atom stereocenters. The zero-order valence-corrected chi connectivity index (χ0v) is 11.1. The molecule has 20 heavy (non-hydrogen) atoms. The first-order chi connectivity index (χ1) is 9.65. The average molecular weight is 275 g/mol. The van der Waals surface area contributed by atoms with Gasteiger partial charge in [-0.05, 0) is 25.1 Å². The zero-order chi connectivity index (χ0) is 14.5. The van der Waals surface area contributed by atoms with E-state index in [1.54, 1.807) is 24.3 Å². The van der Waals surface area contributed by atoms with Gasteiger partial charge in [0.1, 0.15) is 0 Å². The van der Waals surface area contributed by atoms with E-state index in [1.807, 2.05) is 0 Å². The predicted molar refractivity (Wildman–Crippen MR) is 73.1 cm³/mol. The lowest BCUT2D eigenvalue weighted by Crippen LogP contribution is -2.38. The van der Waals surface area contributed by atoms with Gasteiger partial charge in [0.15, 0.2) is 0 Å². The van der Waals surface area contributed by atoms with Crippen LogP contribution in [0.1, 0.15) is 33.6 Å². The Bertz CT molecular complexity index is 507. The first-order valence-electron chi connectivity index (χ1n) is 6.57. The van der Waals surface area contributed by atoms with E-state index in [1.165, 1.54) is 0 Å². The second-order valence-electron chi connectivity index (χ2n) is 4.55. The molecule has 1 aliphatic rings. The summed E-state index contributed by atoms with van der Waals surface area (Å²) in [7, 11) is 0. The Morgan fingerprint density at radius 1 is 1.15 bits per heavy atom. The van der Waals surface area contributed by atoms with Crippen LogP contribution in [0.3, 0.4) is 0 Å². The van der Waals surface area contributed by atoms with Crippen LogP contribution in [-0.4, -0.2) is 42.3 Å². The van der Waals surface area contributed by atoms with Gasteiger partial charge in [-0.15, -0.1) is 0 Å². The number of nitrogens with one attached hydrogen (secondary N) is 1. The Morgan fingerprint density at radius 3 is 2.30 bits per heavy atom. The van der Waals surface area contributed by atoms with E-state index in [0.717, 1.165) is 4.90 Å². The van der Waals surface area contributed by atoms with Crippen molar-refractivity contribution in [2.45, 2.75) is 12.8 Å². The summed E-state index contributed by atoms with van der Waals surface area (Å²) in [5, 5.41) is 2.67. The quantitative estimate of drug-likeness (QED) is 0.722. The molecule has 0 saturated carbocycles. The van der Waals surface area contributed by atoms with Crippen LogP contribution in [-0.2, 0) is 4.79 Å². The van der Waals surface area contributed by atoms with Crippen molar-refractivity contribution in [2.75, 3.05) is 19.6 Å². The molecule has 6 heteroatoms. The Hall–Kier alpha value is -2.21. The molecule has 1 aromatic rings. The van der Waals surface area contributed by atoms with Crippen LogP contribution in [0.4, 0.5) is 0 Å². The molecule has 0 bridgehead atoms. The van der Waals surface area contributed by atoms with Gasteiger partial charge >= 0.3 is 0 Å². The summed E-state index contributed by atoms with van der Waals surface area (Å²) in [4.78, 5) is 36.6. The van der Waals surface area contributed by atoms with E-state index in [9.17, 15) is 14.4 Å². The second kappa shape index (κ2) is 6.29. The van der Waals surface area contributed by atoms with Gasteiger partial charge in [0.2, 0.25) is 5.91 Å². The molecule has 0 fully saturated rings. The summed E-state index contributed by atoms with van der Waals surface area (Å²) >= 11 is 0. The van der Waals surface area contributed by atoms with Crippen molar-refractivity contribution in [3.05, 3.63) is 35.4 Å². The van der Waals surface area contributed by atoms with Gasteiger partial charge in [0, 0.05) is 19.5 Å². The number of hydrogen-bond acceptors (Lipinski definition) is 4. The number of carbonyl (C=O) groups excluding carboxylic acids is 3. The molecule has 3 amide bonds. The first kappa shape index (κ1) is 14.2. The fourth-order valence-corrected chi connectivity index (χ4v) is 2.10. The zero-order valence-electron chi connectivity index (χ0n) is 11.1. The molecule has 0 unspecified atom stereocenters. The molecule has 106 valence electrons. The third-order valence-electron chi connectivity index (χ3n) is 3.14. The number of benzene rings is 1. The van der Waals surface area contributed by atoms with Gasteiger partial charge in [-0.2, -0.15) is 0 Å². The summed E-state index contributed by atoms with van der Waals surface area (Å²) in [6.07, 6.45) is 0.984. The minimum Gasteiger partial charge on any atom is -0.354 e. The fraction of sp³-hybridized carbons (Fsp3) is 0.357. The van der Waals surface area contributed by atoms with Crippen LogP contribution < -0.4 is 11.1 Å². The van der Waals surface area contributed by atoms with Crippen LogP contribution in [0, 0.1) is 0 Å². The maximum absolute atomic E-state index is 12.0. The monoisotopic (exact) mass is 275 g/mol. The van der Waals surface area contributed by atoms with E-state index in [4.69, 9.17) is 5.73 Å². The van der Waals surface area contributed by atoms with Crippen LogP contribution in [0.25, 0.3) is 0 Å². The van der Waals surface area contributed by atoms with Gasteiger partial charge < -0.3 is 11.1 Å². The molecule has 0 spiro atoms. The Labute approximate surface area is 116 Å². The van der Waals surface area contributed by atoms with Crippen LogP contribution >= 0.6 is 0 Å². The molecule has 6 nitrogen and oxygen atoms in total. The van der Waals surface area contributed by atoms with Crippen LogP contribution in [0.2, 0.25) is 0 Å². The third-order valence-corrected chi connectivity index (χ3v) is 3.14. The number of carbonyl (C=O) groups is 3. The average Bonchev–Trinajstić information content (AvgIpc) is 2.70. The lowest BCUT2D eigenvalue weighted by molar-refractivity contribution is -0.121. The van der Waals surface area contributed by atoms with Crippen LogP contribution in [0.5, 0.6) is 0 Å². The maximum atomic E-state index is 12.0. The lowest BCUT2D eigenvalue weighted by atomic mass is 10.1. The Morgan fingerprint density at radius 2 is 1.75 bits per heavy atom. The molecule has 1 aliphatic heterocycles. The highest BCUT2D eigenvalue weighted by Gasteiger charge is 2.34. The Balaban J connectivity index is 1.88. The van der Waals surface area contributed by atoms with Gasteiger partial charge in [0.05, 0.1) is 11.1 Å². The van der Waals surface area contributed by atoms with E-state index in [0.29, 0.717) is 30.5 Å². The predicted octanol–water partition coefficient (Wildman–Crippen LogP) is 0.138. The number of amides is 3. The molecule has 2 rings (SSSR count). The van der Waals surface area contributed by atoms with Gasteiger partial charge in [-0.25, -0.2) is 0 Å². The molecule has 0 saturated heterocycles. The number of imide groups is 1. The van der Waals surface area contributed by atoms with Gasteiger partial charge in [-0.3, -0.25) is 19.3 Å². The number of nitrogens with zero attached hydrogens (tertiary/aromatic N) is 1. The summed E-state index contributed by atoms with van der Waals surface area (Å²) in [5.74, 6) is -0.726. The molecule has 1 aromatic carbocycles. The molecular weight excluding hydrogens is 258 g/mol. The van der Waals surface area contributed by atoms with Crippen molar-refractivity contribution in [2.24, 2.45) is 5.73 Å². The molecule has 0 aromatic heterocycles. The lowest BCUT2D eigenvalue weighted by Gasteiger charge is -2.14. The highest BCUT2D eigenvalue weighted by molar-refractivity contribution is 6.21. The SMILES string of the molecule is NCCCC(=O)NCCN1C(=O)c2ccccc2C1=O. The number of hydrogen-bond donors (Lipinski definition) is 2. The number of rotatable bonds is 6. The highest BCUT2D eigenvalue weighted by Crippen LogP contribution is 2.21. The van der Waals surface area contributed by atoms with Crippen molar-refractivity contribution < 1.29 is 14.4 Å². The smallest absolute Gasteiger partial charge is 0.261 e. The van der Waals surface area contributed by atoms with E-state index < -0.39 is 0 Å². The van der Waals surface area contributed by atoms with Crippen molar-refractivity contribution >= 4 is 17.7 Å². The summed E-state index contributed by atoms with van der Waals surface area (Å²) in [6.45, 7) is 0.904. The van der Waals surface area contributed by atoms with Gasteiger partial charge in [-0.1, -0.05) is 12.1 Å². The third kappa shape index (κ3) is 2.85. The van der Waals surface area contributed by atoms with Crippen molar-refractivity contribution in [1.29, 1.82) is 0 Å². The summed E-state index contributed by atoms with van der Waals surface area (Å²) in [5.41, 5.74) is 6.16. The second-order valence-corrected chi connectivity index (χ2v) is 4.55. The molecule has 3 N–H and O–H groups in total. The highest BCUT2D eigenvalue weighted by atomic mass is 16.2. The largest absolute Gasteiger partial charge is 0.354 e. The molecule has 0 radical (unpaired) electrons. The first-order valence-corrected chi connectivity index (χ1v) is 6.57. The number of fused-ring (bicyclic) bond motifs is 1. The van der Waals surface area contributed by atoms with Gasteiger partial charge in [0.25, 0.3) is 11.8 Å². The summed E-state index contributed by atoms with van der Waals surface area (Å²) < 4.78 is 0. The summed E-state index contributed by atoms with van der Waals surface area (Å²) in [6, 6.07) is 6.72. The topological polar surface area (TPSA) is 92.5 Å². The van der Waals surface area contributed by atoms with Crippen molar-refractivity contribution in [3.63, 3.8) is 0 Å². The van der Waals surface area contributed by atoms with E-state index >= 15 is 0 Å². The van der Waals surface area contributed by atoms with Crippen molar-refractivity contribution in [1.82, 2.24) is 10.2 Å². The Kier molecular flexibility index (Phi) is 4.47. The van der Waals surface area contributed by atoms with E-state index in [-0.39, 0.29) is 30.8 Å². The normalized spacial score (nSPS) is 13.6. The molecular formula is C14H17N3O3. The maximum Gasteiger partial charge on any atom is 0.261 e. The number of nitrogens with two attached hydrogens (primary N) is 1. The van der Waals surface area contributed by atoms with E-state index in [2.05, 4.69) is 5.32 Å². The van der Waals surface area contributed by atoms with Crippen molar-refractivity contribution in [3.8, 4) is 0 Å². The minimum absolute atomic E-state index is 0.118. The standard InChI is InChI=1S/C14H17N3O3/c15-7-3-6-12(18)16-8-9-17-13(19)10-4-1-2-5-11(10)14(17)20/h1-2,4-5H,3,6-9,15H2,(H,16,18). The molecule has 0 aliphatic carbocycles. The van der Waals surface area contributed by atoms with Crippen LogP contribution in [0.15, 0.2) is 24.3 Å². The minimum atomic E-state index is -0.304.